The van der Waals surface area contributed by atoms with Crippen LogP contribution in [0.25, 0.3) is 0 Å². The van der Waals surface area contributed by atoms with Gasteiger partial charge in [-0.3, -0.25) is 4.90 Å². The standard InChI is InChI=1S/C17H26N2O/c1-18-10-7-15-13-17(6-5-16(15)14-18)20-12-11-19-8-3-2-4-9-19/h5-6,13H,2-4,7-12,14H2,1H3. The topological polar surface area (TPSA) is 15.7 Å². The molecule has 3 nitrogen and oxygen atoms in total. The molecule has 1 aromatic rings. The molecule has 0 radical (unpaired) electrons. The van der Waals surface area contributed by atoms with E-state index in [1.807, 2.05) is 0 Å². The summed E-state index contributed by atoms with van der Waals surface area (Å²) in [5, 5.41) is 0. The maximum atomic E-state index is 5.95. The van der Waals surface area contributed by atoms with Crippen molar-refractivity contribution in [3.8, 4) is 5.75 Å². The Balaban J connectivity index is 1.50. The zero-order valence-electron chi connectivity index (χ0n) is 12.6. The molecule has 0 bridgehead atoms. The van der Waals surface area contributed by atoms with Crippen LogP contribution in [0, 0.1) is 0 Å². The smallest absolute Gasteiger partial charge is 0.119 e. The van der Waals surface area contributed by atoms with Gasteiger partial charge in [0.2, 0.25) is 0 Å². The maximum Gasteiger partial charge on any atom is 0.119 e. The third-order valence-electron chi connectivity index (χ3n) is 4.51. The highest BCUT2D eigenvalue weighted by Crippen LogP contribution is 2.23. The lowest BCUT2D eigenvalue weighted by molar-refractivity contribution is 0.183. The van der Waals surface area contributed by atoms with E-state index < -0.39 is 0 Å². The fraction of sp³-hybridized carbons (Fsp3) is 0.647. The molecule has 0 N–H and O–H groups in total. The molecule has 3 rings (SSSR count). The predicted octanol–water partition coefficient (Wildman–Crippen LogP) is 2.54. The molecule has 0 amide bonds. The second kappa shape index (κ2) is 6.59. The quantitative estimate of drug-likeness (QED) is 0.839. The Hall–Kier alpha value is -1.06. The lowest BCUT2D eigenvalue weighted by Crippen LogP contribution is -2.33. The molecule has 0 unspecified atom stereocenters. The number of hydrogen-bond acceptors (Lipinski definition) is 3. The minimum absolute atomic E-state index is 0.818. The molecule has 0 saturated carbocycles. The van der Waals surface area contributed by atoms with E-state index in [1.54, 1.807) is 0 Å². The molecule has 1 aromatic carbocycles. The van der Waals surface area contributed by atoms with Crippen LogP contribution in [0.15, 0.2) is 18.2 Å². The van der Waals surface area contributed by atoms with Gasteiger partial charge in [0.25, 0.3) is 0 Å². The van der Waals surface area contributed by atoms with Gasteiger partial charge in [-0.25, -0.2) is 0 Å². The van der Waals surface area contributed by atoms with Gasteiger partial charge < -0.3 is 9.64 Å². The molecule has 1 saturated heterocycles. The summed E-state index contributed by atoms with van der Waals surface area (Å²) in [7, 11) is 2.19. The fourth-order valence-electron chi connectivity index (χ4n) is 3.24. The average molecular weight is 274 g/mol. The van der Waals surface area contributed by atoms with E-state index >= 15 is 0 Å². The molecule has 2 heterocycles. The first-order valence-corrected chi connectivity index (χ1v) is 7.97. The zero-order valence-corrected chi connectivity index (χ0v) is 12.6. The van der Waals surface area contributed by atoms with Crippen LogP contribution in [-0.2, 0) is 13.0 Å². The molecule has 0 aromatic heterocycles. The largest absolute Gasteiger partial charge is 0.492 e. The van der Waals surface area contributed by atoms with Crippen molar-refractivity contribution in [1.29, 1.82) is 0 Å². The first-order valence-electron chi connectivity index (χ1n) is 7.97. The summed E-state index contributed by atoms with van der Waals surface area (Å²) in [5.74, 6) is 1.05. The average Bonchev–Trinajstić information content (AvgIpc) is 2.48. The van der Waals surface area contributed by atoms with Crippen LogP contribution in [0.3, 0.4) is 0 Å². The predicted molar refractivity (Wildman–Crippen MR) is 82.3 cm³/mol. The molecule has 110 valence electrons. The molecular formula is C17H26N2O. The van der Waals surface area contributed by atoms with Gasteiger partial charge >= 0.3 is 0 Å². The van der Waals surface area contributed by atoms with E-state index in [-0.39, 0.29) is 0 Å². The number of benzene rings is 1. The minimum atomic E-state index is 0.818. The summed E-state index contributed by atoms with van der Waals surface area (Å²) in [6.07, 6.45) is 5.25. The summed E-state index contributed by atoms with van der Waals surface area (Å²) in [4.78, 5) is 4.90. The molecule has 0 atom stereocenters. The van der Waals surface area contributed by atoms with Gasteiger partial charge in [-0.15, -0.1) is 0 Å². The first kappa shape index (κ1) is 13.9. The van der Waals surface area contributed by atoms with Gasteiger partial charge in [0.15, 0.2) is 0 Å². The monoisotopic (exact) mass is 274 g/mol. The van der Waals surface area contributed by atoms with Crippen LogP contribution in [0.1, 0.15) is 30.4 Å². The van der Waals surface area contributed by atoms with E-state index in [9.17, 15) is 0 Å². The Morgan fingerprint density at radius 3 is 2.75 bits per heavy atom. The number of nitrogens with zero attached hydrogens (tertiary/aromatic N) is 2. The van der Waals surface area contributed by atoms with Crippen molar-refractivity contribution in [2.75, 3.05) is 39.8 Å². The van der Waals surface area contributed by atoms with Crippen molar-refractivity contribution < 1.29 is 4.74 Å². The van der Waals surface area contributed by atoms with Crippen molar-refractivity contribution in [2.45, 2.75) is 32.2 Å². The summed E-state index contributed by atoms with van der Waals surface area (Å²) >= 11 is 0. The number of fused-ring (bicyclic) bond motifs is 1. The normalized spacial score (nSPS) is 20.6. The van der Waals surface area contributed by atoms with Gasteiger partial charge in [-0.1, -0.05) is 12.5 Å². The van der Waals surface area contributed by atoms with Crippen molar-refractivity contribution in [2.24, 2.45) is 0 Å². The van der Waals surface area contributed by atoms with E-state index in [2.05, 4.69) is 35.0 Å². The van der Waals surface area contributed by atoms with Crippen molar-refractivity contribution >= 4 is 0 Å². The molecule has 0 spiro atoms. The lowest BCUT2D eigenvalue weighted by atomic mass is 10.00. The Morgan fingerprint density at radius 2 is 1.90 bits per heavy atom. The van der Waals surface area contributed by atoms with E-state index in [0.29, 0.717) is 0 Å². The Labute approximate surface area is 122 Å². The number of rotatable bonds is 4. The highest BCUT2D eigenvalue weighted by molar-refractivity contribution is 5.37. The van der Waals surface area contributed by atoms with E-state index in [4.69, 9.17) is 4.74 Å². The highest BCUT2D eigenvalue weighted by Gasteiger charge is 2.14. The van der Waals surface area contributed by atoms with Crippen LogP contribution in [0.4, 0.5) is 0 Å². The molecular weight excluding hydrogens is 248 g/mol. The number of ether oxygens (including phenoxy) is 1. The lowest BCUT2D eigenvalue weighted by Gasteiger charge is -2.27. The molecule has 1 fully saturated rings. The molecule has 3 heteroatoms. The number of piperidine rings is 1. The Bertz CT molecular complexity index is 441. The van der Waals surface area contributed by atoms with Crippen molar-refractivity contribution in [3.63, 3.8) is 0 Å². The maximum absolute atomic E-state index is 5.95. The second-order valence-corrected chi connectivity index (χ2v) is 6.17. The third-order valence-corrected chi connectivity index (χ3v) is 4.51. The summed E-state index contributed by atoms with van der Waals surface area (Å²) < 4.78 is 5.95. The first-order chi connectivity index (χ1) is 9.81. The van der Waals surface area contributed by atoms with Gasteiger partial charge in [-0.2, -0.15) is 0 Å². The number of likely N-dealkylation sites (N-methyl/N-ethyl adjacent to an activating group) is 1. The van der Waals surface area contributed by atoms with Crippen LogP contribution >= 0.6 is 0 Å². The van der Waals surface area contributed by atoms with Gasteiger partial charge in [0.05, 0.1) is 0 Å². The van der Waals surface area contributed by atoms with Crippen LogP contribution in [-0.4, -0.2) is 49.6 Å². The summed E-state index contributed by atoms with van der Waals surface area (Å²) in [6, 6.07) is 6.62. The molecule has 2 aliphatic rings. The third kappa shape index (κ3) is 3.53. The summed E-state index contributed by atoms with van der Waals surface area (Å²) in [6.45, 7) is 6.62. The molecule has 0 aliphatic carbocycles. The summed E-state index contributed by atoms with van der Waals surface area (Å²) in [5.41, 5.74) is 2.93. The minimum Gasteiger partial charge on any atom is -0.492 e. The van der Waals surface area contributed by atoms with Crippen LogP contribution in [0.5, 0.6) is 5.75 Å². The number of likely N-dealkylation sites (tertiary alicyclic amines) is 1. The highest BCUT2D eigenvalue weighted by atomic mass is 16.5. The van der Waals surface area contributed by atoms with E-state index in [0.717, 1.165) is 38.4 Å². The van der Waals surface area contributed by atoms with E-state index in [1.165, 1.54) is 43.5 Å². The fourth-order valence-corrected chi connectivity index (χ4v) is 3.24. The second-order valence-electron chi connectivity index (χ2n) is 6.17. The molecule has 2 aliphatic heterocycles. The van der Waals surface area contributed by atoms with Gasteiger partial charge in [0.1, 0.15) is 12.4 Å². The number of hydrogen-bond donors (Lipinski definition) is 0. The van der Waals surface area contributed by atoms with Crippen LogP contribution < -0.4 is 4.74 Å². The zero-order chi connectivity index (χ0) is 13.8. The van der Waals surface area contributed by atoms with Gasteiger partial charge in [0, 0.05) is 19.6 Å². The van der Waals surface area contributed by atoms with Crippen molar-refractivity contribution in [1.82, 2.24) is 9.80 Å². The van der Waals surface area contributed by atoms with Crippen LogP contribution in [0.2, 0.25) is 0 Å². The Kier molecular flexibility index (Phi) is 4.58. The molecule has 20 heavy (non-hydrogen) atoms. The van der Waals surface area contributed by atoms with Gasteiger partial charge in [-0.05, 0) is 62.7 Å². The SMILES string of the molecule is CN1CCc2cc(OCCN3CCCCC3)ccc2C1. The Morgan fingerprint density at radius 1 is 1.05 bits per heavy atom. The van der Waals surface area contributed by atoms with Crippen molar-refractivity contribution in [3.05, 3.63) is 29.3 Å².